The highest BCUT2D eigenvalue weighted by molar-refractivity contribution is 5.63. The van der Waals surface area contributed by atoms with Crippen LogP contribution in [0.15, 0.2) is 36.7 Å². The molecule has 74 valence electrons. The molecule has 0 saturated carbocycles. The van der Waals surface area contributed by atoms with E-state index in [1.54, 1.807) is 19.5 Å². The number of rotatable bonds is 2. The summed E-state index contributed by atoms with van der Waals surface area (Å²) in [5.41, 5.74) is 0.981. The van der Waals surface area contributed by atoms with Gasteiger partial charge in [-0.15, -0.1) is 0 Å². The number of methoxy groups -OCH3 is 1. The van der Waals surface area contributed by atoms with Crippen LogP contribution >= 0.6 is 0 Å². The molecule has 3 heteroatoms. The lowest BCUT2D eigenvalue weighted by molar-refractivity contribution is 0.416. The highest BCUT2D eigenvalue weighted by atomic mass is 16.5. The summed E-state index contributed by atoms with van der Waals surface area (Å²) in [6.07, 6.45) is 3.52. The lowest BCUT2D eigenvalue weighted by Crippen LogP contribution is -1.88. The van der Waals surface area contributed by atoms with Crippen LogP contribution in [-0.2, 0) is 0 Å². The van der Waals surface area contributed by atoms with Crippen molar-refractivity contribution in [2.45, 2.75) is 7.43 Å². The number of imidazole rings is 1. The molecule has 0 fully saturated rings. The number of nitrogens with one attached hydrogen (secondary N) is 1. The second-order valence-corrected chi connectivity index (χ2v) is 2.64. The average molecular weight is 190 g/mol. The Labute approximate surface area is 83.8 Å². The van der Waals surface area contributed by atoms with Crippen molar-refractivity contribution < 1.29 is 4.74 Å². The molecule has 14 heavy (non-hydrogen) atoms. The van der Waals surface area contributed by atoms with Gasteiger partial charge >= 0.3 is 0 Å². The Morgan fingerprint density at radius 2 is 2.07 bits per heavy atom. The molecule has 0 aliphatic rings. The third kappa shape index (κ3) is 1.76. The number of aromatic nitrogens is 2. The zero-order valence-electron chi connectivity index (χ0n) is 7.32. The van der Waals surface area contributed by atoms with Crippen molar-refractivity contribution in [2.75, 3.05) is 7.11 Å². The first-order chi connectivity index (χ1) is 6.42. The molecule has 0 saturated heterocycles. The second kappa shape index (κ2) is 4.46. The second-order valence-electron chi connectivity index (χ2n) is 2.64. The molecule has 0 radical (unpaired) electrons. The van der Waals surface area contributed by atoms with Gasteiger partial charge in [-0.3, -0.25) is 0 Å². The molecule has 0 aliphatic heterocycles. The monoisotopic (exact) mass is 190 g/mol. The van der Waals surface area contributed by atoms with Crippen molar-refractivity contribution in [3.63, 3.8) is 0 Å². The zero-order valence-corrected chi connectivity index (χ0v) is 7.32. The van der Waals surface area contributed by atoms with Crippen molar-refractivity contribution >= 4 is 0 Å². The molecule has 1 aromatic carbocycles. The number of nitrogens with zero attached hydrogens (tertiary/aromatic N) is 1. The Balaban J connectivity index is 0.000000980. The van der Waals surface area contributed by atoms with Crippen LogP contribution in [0.1, 0.15) is 7.43 Å². The molecule has 0 aliphatic carbocycles. The number of aromatic amines is 1. The minimum atomic E-state index is 0. The van der Waals surface area contributed by atoms with Crippen LogP contribution in [0, 0.1) is 0 Å². The minimum absolute atomic E-state index is 0. The third-order valence-electron chi connectivity index (χ3n) is 1.86. The lowest BCUT2D eigenvalue weighted by Gasteiger charge is -2.04. The van der Waals surface area contributed by atoms with Gasteiger partial charge in [0.2, 0.25) is 0 Å². The largest absolute Gasteiger partial charge is 0.496 e. The fourth-order valence-electron chi connectivity index (χ4n) is 1.25. The van der Waals surface area contributed by atoms with E-state index in [2.05, 4.69) is 9.97 Å². The summed E-state index contributed by atoms with van der Waals surface area (Å²) in [6, 6.07) is 7.78. The number of ether oxygens (including phenoxy) is 1. The average Bonchev–Trinajstić information content (AvgIpc) is 2.70. The van der Waals surface area contributed by atoms with Crippen LogP contribution in [0.2, 0.25) is 0 Å². The molecule has 3 nitrogen and oxygen atoms in total. The first-order valence-electron chi connectivity index (χ1n) is 4.04. The van der Waals surface area contributed by atoms with E-state index in [9.17, 15) is 0 Å². The normalized spacial score (nSPS) is 9.21. The van der Waals surface area contributed by atoms with E-state index < -0.39 is 0 Å². The van der Waals surface area contributed by atoms with Gasteiger partial charge in [-0.2, -0.15) is 0 Å². The SMILES string of the molecule is C.COc1ccccc1-c1ncc[nH]1. The van der Waals surface area contributed by atoms with Crippen molar-refractivity contribution in [3.05, 3.63) is 36.7 Å². The number of hydrogen-bond acceptors (Lipinski definition) is 2. The van der Waals surface area contributed by atoms with E-state index in [1.807, 2.05) is 24.3 Å². The zero-order chi connectivity index (χ0) is 9.10. The molecule has 0 bridgehead atoms. The number of H-pyrrole nitrogens is 1. The van der Waals surface area contributed by atoms with Gasteiger partial charge in [0.25, 0.3) is 0 Å². The number of benzene rings is 1. The Morgan fingerprint density at radius 3 is 2.71 bits per heavy atom. The molecule has 0 atom stereocenters. The van der Waals surface area contributed by atoms with E-state index in [1.165, 1.54) is 0 Å². The summed E-state index contributed by atoms with van der Waals surface area (Å²) in [4.78, 5) is 7.20. The third-order valence-corrected chi connectivity index (χ3v) is 1.86. The predicted molar refractivity (Wildman–Crippen MR) is 57.3 cm³/mol. The summed E-state index contributed by atoms with van der Waals surface area (Å²) in [7, 11) is 1.65. The molecule has 1 heterocycles. The fourth-order valence-corrected chi connectivity index (χ4v) is 1.25. The summed E-state index contributed by atoms with van der Waals surface area (Å²) < 4.78 is 5.21. The highest BCUT2D eigenvalue weighted by Gasteiger charge is 2.05. The van der Waals surface area contributed by atoms with E-state index in [0.717, 1.165) is 17.1 Å². The smallest absolute Gasteiger partial charge is 0.141 e. The summed E-state index contributed by atoms with van der Waals surface area (Å²) in [5.74, 6) is 1.66. The van der Waals surface area contributed by atoms with Crippen LogP contribution in [0.4, 0.5) is 0 Å². The van der Waals surface area contributed by atoms with Gasteiger partial charge in [0.05, 0.1) is 12.7 Å². The van der Waals surface area contributed by atoms with Gasteiger partial charge in [-0.25, -0.2) is 4.98 Å². The van der Waals surface area contributed by atoms with E-state index in [-0.39, 0.29) is 7.43 Å². The molecule has 0 spiro atoms. The van der Waals surface area contributed by atoms with Gasteiger partial charge in [0, 0.05) is 12.4 Å². The van der Waals surface area contributed by atoms with Gasteiger partial charge in [-0.1, -0.05) is 19.6 Å². The van der Waals surface area contributed by atoms with Crippen molar-refractivity contribution in [2.24, 2.45) is 0 Å². The van der Waals surface area contributed by atoms with E-state index in [4.69, 9.17) is 4.74 Å². The molecular formula is C11H14N2O. The first-order valence-corrected chi connectivity index (χ1v) is 4.04. The fraction of sp³-hybridized carbons (Fsp3) is 0.182. The molecular weight excluding hydrogens is 176 g/mol. The molecule has 0 amide bonds. The highest BCUT2D eigenvalue weighted by Crippen LogP contribution is 2.25. The van der Waals surface area contributed by atoms with Crippen LogP contribution in [0.5, 0.6) is 5.75 Å². The molecule has 2 rings (SSSR count). The Hall–Kier alpha value is -1.77. The predicted octanol–water partition coefficient (Wildman–Crippen LogP) is 2.72. The summed E-state index contributed by atoms with van der Waals surface area (Å²) in [6.45, 7) is 0. The Bertz CT molecular complexity index is 382. The Morgan fingerprint density at radius 1 is 1.29 bits per heavy atom. The van der Waals surface area contributed by atoms with Gasteiger partial charge in [-0.05, 0) is 12.1 Å². The molecule has 2 aromatic rings. The summed E-state index contributed by atoms with van der Waals surface area (Å²) >= 11 is 0. The molecule has 0 unspecified atom stereocenters. The van der Waals surface area contributed by atoms with E-state index >= 15 is 0 Å². The van der Waals surface area contributed by atoms with Crippen LogP contribution < -0.4 is 4.74 Å². The van der Waals surface area contributed by atoms with Crippen LogP contribution in [0.3, 0.4) is 0 Å². The quantitative estimate of drug-likeness (QED) is 0.790. The van der Waals surface area contributed by atoms with Crippen LogP contribution in [-0.4, -0.2) is 17.1 Å². The number of para-hydroxylation sites is 1. The maximum atomic E-state index is 5.21. The first kappa shape index (κ1) is 10.3. The maximum absolute atomic E-state index is 5.21. The topological polar surface area (TPSA) is 37.9 Å². The van der Waals surface area contributed by atoms with E-state index in [0.29, 0.717) is 0 Å². The molecule has 1 N–H and O–H groups in total. The van der Waals surface area contributed by atoms with Crippen molar-refractivity contribution in [1.82, 2.24) is 9.97 Å². The minimum Gasteiger partial charge on any atom is -0.496 e. The van der Waals surface area contributed by atoms with Crippen LogP contribution in [0.25, 0.3) is 11.4 Å². The molecule has 1 aromatic heterocycles. The maximum Gasteiger partial charge on any atom is 0.141 e. The van der Waals surface area contributed by atoms with Crippen molar-refractivity contribution in [3.8, 4) is 17.1 Å². The number of hydrogen-bond donors (Lipinski definition) is 1. The van der Waals surface area contributed by atoms with Gasteiger partial charge in [0.15, 0.2) is 0 Å². The standard InChI is InChI=1S/C10H10N2O.CH4/c1-13-9-5-3-2-4-8(9)10-11-6-7-12-10;/h2-7H,1H3,(H,11,12);1H4. The Kier molecular flexibility index (Phi) is 3.29. The lowest BCUT2D eigenvalue weighted by atomic mass is 10.2. The van der Waals surface area contributed by atoms with Gasteiger partial charge in [0.1, 0.15) is 11.6 Å². The summed E-state index contributed by atoms with van der Waals surface area (Å²) in [5, 5.41) is 0. The van der Waals surface area contributed by atoms with Crippen molar-refractivity contribution in [1.29, 1.82) is 0 Å². The van der Waals surface area contributed by atoms with Gasteiger partial charge < -0.3 is 9.72 Å².